The molecule has 0 radical (unpaired) electrons. The molecule has 0 saturated heterocycles. The molecule has 1 N–H and O–H groups in total. The standard InChI is InChI=1S/C13H27NO2S/c1-4-12(13(15)16-5-2)14-10-8-6-7-9-11-17-3/h12,14H,4-11H2,1-3H3. The van der Waals surface area contributed by atoms with Crippen LogP contribution in [-0.4, -0.2) is 37.2 Å². The number of nitrogens with one attached hydrogen (secondary N) is 1. The van der Waals surface area contributed by atoms with Gasteiger partial charge in [-0.25, -0.2) is 0 Å². The van der Waals surface area contributed by atoms with Crippen LogP contribution in [0.4, 0.5) is 0 Å². The largest absolute Gasteiger partial charge is 0.465 e. The van der Waals surface area contributed by atoms with Crippen molar-refractivity contribution >= 4 is 17.7 Å². The molecule has 0 aliphatic rings. The van der Waals surface area contributed by atoms with Crippen molar-refractivity contribution in [1.29, 1.82) is 0 Å². The number of thioether (sulfide) groups is 1. The van der Waals surface area contributed by atoms with E-state index in [-0.39, 0.29) is 12.0 Å². The van der Waals surface area contributed by atoms with Crippen LogP contribution in [0.15, 0.2) is 0 Å². The van der Waals surface area contributed by atoms with Crippen LogP contribution >= 0.6 is 11.8 Å². The van der Waals surface area contributed by atoms with Crippen LogP contribution in [0.3, 0.4) is 0 Å². The van der Waals surface area contributed by atoms with Crippen molar-refractivity contribution < 1.29 is 9.53 Å². The molecular formula is C13H27NO2S. The van der Waals surface area contributed by atoms with Gasteiger partial charge in [0, 0.05) is 0 Å². The molecule has 0 bridgehead atoms. The monoisotopic (exact) mass is 261 g/mol. The Morgan fingerprint density at radius 2 is 1.94 bits per heavy atom. The molecule has 0 amide bonds. The molecule has 0 rings (SSSR count). The van der Waals surface area contributed by atoms with E-state index >= 15 is 0 Å². The van der Waals surface area contributed by atoms with Gasteiger partial charge in [0.1, 0.15) is 6.04 Å². The highest BCUT2D eigenvalue weighted by atomic mass is 32.2. The lowest BCUT2D eigenvalue weighted by Crippen LogP contribution is -2.38. The van der Waals surface area contributed by atoms with Crippen molar-refractivity contribution in [2.24, 2.45) is 0 Å². The average molecular weight is 261 g/mol. The Kier molecular flexibility index (Phi) is 12.1. The lowest BCUT2D eigenvalue weighted by molar-refractivity contribution is -0.145. The summed E-state index contributed by atoms with van der Waals surface area (Å²) in [5.74, 6) is 1.14. The molecular weight excluding hydrogens is 234 g/mol. The van der Waals surface area contributed by atoms with E-state index in [4.69, 9.17) is 4.74 Å². The van der Waals surface area contributed by atoms with Crippen molar-refractivity contribution in [2.75, 3.05) is 25.2 Å². The maximum absolute atomic E-state index is 11.5. The molecule has 0 aromatic rings. The third-order valence-electron chi connectivity index (χ3n) is 2.65. The van der Waals surface area contributed by atoms with Crippen LogP contribution in [0.1, 0.15) is 46.0 Å². The second-order valence-corrected chi connectivity index (χ2v) is 5.06. The van der Waals surface area contributed by atoms with E-state index in [1.54, 1.807) is 0 Å². The minimum Gasteiger partial charge on any atom is -0.465 e. The SMILES string of the molecule is CCOC(=O)C(CC)NCCCCCCSC. The highest BCUT2D eigenvalue weighted by Gasteiger charge is 2.15. The fraction of sp³-hybridized carbons (Fsp3) is 0.923. The number of ether oxygens (including phenoxy) is 1. The van der Waals surface area contributed by atoms with Gasteiger partial charge in [0.15, 0.2) is 0 Å². The van der Waals surface area contributed by atoms with Gasteiger partial charge in [-0.15, -0.1) is 0 Å². The molecule has 0 saturated carbocycles. The second kappa shape index (κ2) is 12.2. The number of hydrogen-bond donors (Lipinski definition) is 1. The van der Waals surface area contributed by atoms with Crippen molar-refractivity contribution in [2.45, 2.75) is 52.0 Å². The Morgan fingerprint density at radius 1 is 1.24 bits per heavy atom. The number of hydrogen-bond acceptors (Lipinski definition) is 4. The van der Waals surface area contributed by atoms with Gasteiger partial charge in [-0.2, -0.15) is 11.8 Å². The zero-order valence-electron chi connectivity index (χ0n) is 11.5. The highest BCUT2D eigenvalue weighted by Crippen LogP contribution is 2.04. The van der Waals surface area contributed by atoms with Gasteiger partial charge in [0.05, 0.1) is 6.61 Å². The number of carbonyl (C=O) groups is 1. The molecule has 3 nitrogen and oxygen atoms in total. The van der Waals surface area contributed by atoms with E-state index in [9.17, 15) is 4.79 Å². The zero-order chi connectivity index (χ0) is 12.9. The summed E-state index contributed by atoms with van der Waals surface area (Å²) in [6.45, 7) is 5.23. The summed E-state index contributed by atoms with van der Waals surface area (Å²) in [6.07, 6.45) is 7.92. The first-order valence-electron chi connectivity index (χ1n) is 6.65. The predicted molar refractivity (Wildman–Crippen MR) is 75.6 cm³/mol. The lowest BCUT2D eigenvalue weighted by Gasteiger charge is -2.15. The number of carbonyl (C=O) groups excluding carboxylic acids is 1. The summed E-state index contributed by atoms with van der Waals surface area (Å²) in [5, 5.41) is 3.27. The van der Waals surface area contributed by atoms with E-state index in [1.165, 1.54) is 25.0 Å². The second-order valence-electron chi connectivity index (χ2n) is 4.07. The molecule has 0 spiro atoms. The number of esters is 1. The number of rotatable bonds is 11. The summed E-state index contributed by atoms with van der Waals surface area (Å²) in [4.78, 5) is 11.5. The molecule has 0 fully saturated rings. The van der Waals surface area contributed by atoms with Crippen LogP contribution in [-0.2, 0) is 9.53 Å². The first-order valence-corrected chi connectivity index (χ1v) is 8.04. The molecule has 17 heavy (non-hydrogen) atoms. The van der Waals surface area contributed by atoms with Crippen molar-refractivity contribution in [3.8, 4) is 0 Å². The van der Waals surface area contributed by atoms with Gasteiger partial charge in [0.2, 0.25) is 0 Å². The Hall–Kier alpha value is -0.220. The van der Waals surface area contributed by atoms with Crippen LogP contribution in [0, 0.1) is 0 Å². The first-order chi connectivity index (χ1) is 8.26. The number of unbranched alkanes of at least 4 members (excludes halogenated alkanes) is 3. The maximum Gasteiger partial charge on any atom is 0.323 e. The third kappa shape index (κ3) is 9.48. The van der Waals surface area contributed by atoms with Crippen LogP contribution in [0.2, 0.25) is 0 Å². The summed E-state index contributed by atoms with van der Waals surface area (Å²) in [5.41, 5.74) is 0. The minimum absolute atomic E-state index is 0.114. The summed E-state index contributed by atoms with van der Waals surface area (Å²) in [7, 11) is 0. The van der Waals surface area contributed by atoms with Gasteiger partial charge >= 0.3 is 5.97 Å². The first kappa shape index (κ1) is 16.8. The predicted octanol–water partition coefficient (Wildman–Crippen LogP) is 2.84. The molecule has 0 aromatic heterocycles. The summed E-state index contributed by atoms with van der Waals surface area (Å²) >= 11 is 1.91. The van der Waals surface area contributed by atoms with Gasteiger partial charge in [-0.05, 0) is 44.7 Å². The Labute approximate surface area is 110 Å². The molecule has 0 aliphatic heterocycles. The minimum atomic E-state index is -0.124. The molecule has 102 valence electrons. The van der Waals surface area contributed by atoms with E-state index in [2.05, 4.69) is 11.6 Å². The van der Waals surface area contributed by atoms with E-state index < -0.39 is 0 Å². The molecule has 0 aromatic carbocycles. The van der Waals surface area contributed by atoms with E-state index in [1.807, 2.05) is 25.6 Å². The molecule has 1 unspecified atom stereocenters. The fourth-order valence-electron chi connectivity index (χ4n) is 1.64. The summed E-state index contributed by atoms with van der Waals surface area (Å²) < 4.78 is 5.00. The van der Waals surface area contributed by atoms with Crippen LogP contribution in [0.25, 0.3) is 0 Å². The Balaban J connectivity index is 3.46. The van der Waals surface area contributed by atoms with E-state index in [0.717, 1.165) is 19.4 Å². The normalized spacial score (nSPS) is 12.4. The van der Waals surface area contributed by atoms with Crippen LogP contribution in [0.5, 0.6) is 0 Å². The van der Waals surface area contributed by atoms with E-state index in [0.29, 0.717) is 6.61 Å². The molecule has 1 atom stereocenters. The van der Waals surface area contributed by atoms with Crippen molar-refractivity contribution in [1.82, 2.24) is 5.32 Å². The zero-order valence-corrected chi connectivity index (χ0v) is 12.3. The molecule has 4 heteroatoms. The van der Waals surface area contributed by atoms with Gasteiger partial charge < -0.3 is 10.1 Å². The fourth-order valence-corrected chi connectivity index (χ4v) is 2.13. The smallest absolute Gasteiger partial charge is 0.323 e. The van der Waals surface area contributed by atoms with Gasteiger partial charge in [-0.3, -0.25) is 4.79 Å². The van der Waals surface area contributed by atoms with Crippen molar-refractivity contribution in [3.05, 3.63) is 0 Å². The quantitative estimate of drug-likeness (QED) is 0.458. The molecule has 0 heterocycles. The van der Waals surface area contributed by atoms with Crippen LogP contribution < -0.4 is 5.32 Å². The molecule has 0 aliphatic carbocycles. The lowest BCUT2D eigenvalue weighted by atomic mass is 10.2. The average Bonchev–Trinajstić information content (AvgIpc) is 2.33. The van der Waals surface area contributed by atoms with Crippen molar-refractivity contribution in [3.63, 3.8) is 0 Å². The van der Waals surface area contributed by atoms with Gasteiger partial charge in [-0.1, -0.05) is 19.8 Å². The Bertz CT molecular complexity index is 188. The topological polar surface area (TPSA) is 38.3 Å². The highest BCUT2D eigenvalue weighted by molar-refractivity contribution is 7.98. The maximum atomic E-state index is 11.5. The van der Waals surface area contributed by atoms with Gasteiger partial charge in [0.25, 0.3) is 0 Å². The third-order valence-corrected chi connectivity index (χ3v) is 3.34. The Morgan fingerprint density at radius 3 is 2.53 bits per heavy atom. The summed E-state index contributed by atoms with van der Waals surface area (Å²) in [6, 6.07) is -0.124.